The smallest absolute Gasteiger partial charge is 0.259 e. The van der Waals surface area contributed by atoms with Crippen molar-refractivity contribution in [2.24, 2.45) is 0 Å². The first-order valence-corrected chi connectivity index (χ1v) is 10.6. The summed E-state index contributed by atoms with van der Waals surface area (Å²) in [5.41, 5.74) is 1.12. The Morgan fingerprint density at radius 2 is 2.20 bits per heavy atom. The largest absolute Gasteiger partial charge is 0.309 e. The van der Waals surface area contributed by atoms with E-state index >= 15 is 0 Å². The number of carbonyl (C=O) groups is 1. The predicted octanol–water partition coefficient (Wildman–Crippen LogP) is 2.51. The number of nitrogens with one attached hydrogen (secondary N) is 2. The molecule has 0 atom stereocenters. The first-order valence-electron chi connectivity index (χ1n) is 7.81. The molecular weight excluding hydrogens is 378 g/mol. The monoisotopic (exact) mass is 393 g/mol. The summed E-state index contributed by atoms with van der Waals surface area (Å²) in [6.45, 7) is 1.83. The molecule has 1 aliphatic rings. The lowest BCUT2D eigenvalue weighted by Crippen LogP contribution is -2.15. The minimum Gasteiger partial charge on any atom is -0.309 e. The van der Waals surface area contributed by atoms with Gasteiger partial charge in [0.05, 0.1) is 16.9 Å². The number of thioether (sulfide) groups is 1. The molecule has 3 aromatic heterocycles. The van der Waals surface area contributed by atoms with Crippen LogP contribution in [0.25, 0.3) is 10.2 Å². The molecule has 3 heterocycles. The van der Waals surface area contributed by atoms with Crippen molar-refractivity contribution in [2.75, 3.05) is 11.1 Å². The zero-order valence-corrected chi connectivity index (χ0v) is 15.9. The molecule has 10 heteroatoms. The molecule has 0 radical (unpaired) electrons. The second kappa shape index (κ2) is 6.85. The van der Waals surface area contributed by atoms with Crippen LogP contribution in [0.15, 0.2) is 4.79 Å². The summed E-state index contributed by atoms with van der Waals surface area (Å²) < 4.78 is 0. The fourth-order valence-corrected chi connectivity index (χ4v) is 5.44. The summed E-state index contributed by atoms with van der Waals surface area (Å²) in [4.78, 5) is 33.8. The normalized spacial score (nSPS) is 13.3. The quantitative estimate of drug-likeness (QED) is 0.691. The highest BCUT2D eigenvalue weighted by Gasteiger charge is 2.21. The lowest BCUT2D eigenvalue weighted by molar-refractivity contribution is -0.113. The number of aryl methyl sites for hydroxylation is 3. The maximum absolute atomic E-state index is 12.4. The molecule has 0 saturated heterocycles. The summed E-state index contributed by atoms with van der Waals surface area (Å²) in [6.07, 6.45) is 3.14. The lowest BCUT2D eigenvalue weighted by Gasteiger charge is -2.02. The SMILES string of the molecule is Cc1nnc(NC(=O)CSCc2nc3sc4c(c3c(=O)[nH]2)CCC4)s1. The van der Waals surface area contributed by atoms with Gasteiger partial charge in [-0.15, -0.1) is 33.3 Å². The molecule has 7 nitrogen and oxygen atoms in total. The molecule has 1 amide bonds. The van der Waals surface area contributed by atoms with Gasteiger partial charge in [0.15, 0.2) is 0 Å². The van der Waals surface area contributed by atoms with E-state index in [-0.39, 0.29) is 17.2 Å². The Hall–Kier alpha value is -1.78. The lowest BCUT2D eigenvalue weighted by atomic mass is 10.2. The predicted molar refractivity (Wildman–Crippen MR) is 102 cm³/mol. The van der Waals surface area contributed by atoms with Gasteiger partial charge in [-0.1, -0.05) is 11.3 Å². The van der Waals surface area contributed by atoms with Crippen LogP contribution >= 0.6 is 34.4 Å². The van der Waals surface area contributed by atoms with E-state index in [9.17, 15) is 9.59 Å². The minimum atomic E-state index is -0.139. The van der Waals surface area contributed by atoms with E-state index in [0.717, 1.165) is 34.5 Å². The highest BCUT2D eigenvalue weighted by molar-refractivity contribution is 7.99. The summed E-state index contributed by atoms with van der Waals surface area (Å²) >= 11 is 4.37. The molecule has 2 N–H and O–H groups in total. The molecule has 0 aliphatic heterocycles. The second-order valence-corrected chi connectivity index (χ2v) is 8.97. The number of hydrogen-bond acceptors (Lipinski definition) is 8. The zero-order chi connectivity index (χ0) is 17.4. The topological polar surface area (TPSA) is 101 Å². The number of carbonyl (C=O) groups excluding carboxylic acids is 1. The number of aromatic amines is 1. The molecule has 0 saturated carbocycles. The van der Waals surface area contributed by atoms with Gasteiger partial charge in [-0.25, -0.2) is 4.98 Å². The summed E-state index contributed by atoms with van der Waals surface area (Å²) in [7, 11) is 0. The van der Waals surface area contributed by atoms with Gasteiger partial charge in [-0.2, -0.15) is 0 Å². The molecule has 25 heavy (non-hydrogen) atoms. The van der Waals surface area contributed by atoms with E-state index in [4.69, 9.17) is 0 Å². The Labute approximate surface area is 155 Å². The van der Waals surface area contributed by atoms with Crippen molar-refractivity contribution in [2.45, 2.75) is 31.9 Å². The first-order chi connectivity index (χ1) is 12.1. The standard InChI is InChI=1S/C15H15N5O2S3/c1-7-19-20-15(24-7)18-11(21)6-23-5-10-16-13(22)12-8-3-2-4-9(8)25-14(12)17-10/h2-6H2,1H3,(H,16,17,22)(H,18,20,21). The van der Waals surface area contributed by atoms with Gasteiger partial charge < -0.3 is 4.98 Å². The van der Waals surface area contributed by atoms with Crippen molar-refractivity contribution in [3.8, 4) is 0 Å². The molecule has 0 unspecified atom stereocenters. The second-order valence-electron chi connectivity index (χ2n) is 5.72. The van der Waals surface area contributed by atoms with Gasteiger partial charge in [0.25, 0.3) is 5.56 Å². The fourth-order valence-electron chi connectivity index (χ4n) is 2.86. The summed E-state index contributed by atoms with van der Waals surface area (Å²) in [6, 6.07) is 0. The van der Waals surface area contributed by atoms with E-state index in [1.54, 1.807) is 11.3 Å². The molecule has 0 fully saturated rings. The average Bonchev–Trinajstić information content (AvgIpc) is 3.23. The van der Waals surface area contributed by atoms with Crippen LogP contribution < -0.4 is 10.9 Å². The van der Waals surface area contributed by atoms with Gasteiger partial charge >= 0.3 is 0 Å². The molecule has 130 valence electrons. The van der Waals surface area contributed by atoms with Crippen LogP contribution in [0.5, 0.6) is 0 Å². The van der Waals surface area contributed by atoms with E-state index in [1.165, 1.54) is 33.5 Å². The molecule has 1 aliphatic carbocycles. The van der Waals surface area contributed by atoms with Crippen LogP contribution in [-0.2, 0) is 23.4 Å². The number of amides is 1. The van der Waals surface area contributed by atoms with E-state index in [0.29, 0.717) is 16.7 Å². The number of nitrogens with zero attached hydrogens (tertiary/aromatic N) is 3. The van der Waals surface area contributed by atoms with E-state index in [1.807, 2.05) is 6.92 Å². The van der Waals surface area contributed by atoms with E-state index < -0.39 is 0 Å². The van der Waals surface area contributed by atoms with Crippen LogP contribution in [0.3, 0.4) is 0 Å². The number of fused-ring (bicyclic) bond motifs is 3. The Kier molecular flexibility index (Phi) is 4.57. The summed E-state index contributed by atoms with van der Waals surface area (Å²) in [5, 5.41) is 12.5. The first kappa shape index (κ1) is 16.7. The fraction of sp³-hybridized carbons (Fsp3) is 0.400. The van der Waals surface area contributed by atoms with Crippen LogP contribution in [0.4, 0.5) is 5.13 Å². The number of hydrogen-bond donors (Lipinski definition) is 2. The van der Waals surface area contributed by atoms with Crippen LogP contribution in [0.1, 0.15) is 27.7 Å². The van der Waals surface area contributed by atoms with Crippen molar-refractivity contribution in [1.29, 1.82) is 0 Å². The maximum atomic E-state index is 12.4. The number of aromatic nitrogens is 4. The van der Waals surface area contributed by atoms with Crippen LogP contribution in [0.2, 0.25) is 0 Å². The van der Waals surface area contributed by atoms with Crippen molar-refractivity contribution < 1.29 is 4.79 Å². The van der Waals surface area contributed by atoms with E-state index in [2.05, 4.69) is 25.5 Å². The highest BCUT2D eigenvalue weighted by atomic mass is 32.2. The van der Waals surface area contributed by atoms with Crippen LogP contribution in [0, 0.1) is 6.92 Å². The van der Waals surface area contributed by atoms with Gasteiger partial charge in [0.1, 0.15) is 15.7 Å². The average molecular weight is 394 g/mol. The Bertz CT molecular complexity index is 1010. The van der Waals surface area contributed by atoms with Gasteiger partial charge in [0.2, 0.25) is 11.0 Å². The minimum absolute atomic E-state index is 0.0613. The van der Waals surface area contributed by atoms with Crippen molar-refractivity contribution in [1.82, 2.24) is 20.2 Å². The van der Waals surface area contributed by atoms with Gasteiger partial charge in [-0.3, -0.25) is 14.9 Å². The van der Waals surface area contributed by atoms with Crippen molar-refractivity contribution >= 4 is 55.7 Å². The molecular formula is C15H15N5O2S3. The van der Waals surface area contributed by atoms with Gasteiger partial charge in [-0.05, 0) is 31.7 Å². The van der Waals surface area contributed by atoms with Crippen molar-refractivity contribution in [3.63, 3.8) is 0 Å². The van der Waals surface area contributed by atoms with Crippen LogP contribution in [-0.4, -0.2) is 31.8 Å². The Morgan fingerprint density at radius 1 is 1.32 bits per heavy atom. The molecule has 4 rings (SSSR count). The number of H-pyrrole nitrogens is 1. The Balaban J connectivity index is 1.40. The third-order valence-electron chi connectivity index (χ3n) is 3.87. The van der Waals surface area contributed by atoms with Gasteiger partial charge in [0, 0.05) is 4.88 Å². The zero-order valence-electron chi connectivity index (χ0n) is 13.4. The van der Waals surface area contributed by atoms with Crippen molar-refractivity contribution in [3.05, 3.63) is 31.6 Å². The number of anilines is 1. The Morgan fingerprint density at radius 3 is 3.00 bits per heavy atom. The number of rotatable bonds is 5. The summed E-state index contributed by atoms with van der Waals surface area (Å²) in [5.74, 6) is 1.22. The molecule has 0 bridgehead atoms. The maximum Gasteiger partial charge on any atom is 0.259 e. The number of thiophene rings is 1. The molecule has 0 spiro atoms. The third-order valence-corrected chi connectivity index (χ3v) is 6.75. The third kappa shape index (κ3) is 3.46. The molecule has 0 aromatic carbocycles. The highest BCUT2D eigenvalue weighted by Crippen LogP contribution is 2.34. The molecule has 3 aromatic rings.